The zero-order valence-corrected chi connectivity index (χ0v) is 15.9. The van der Waals surface area contributed by atoms with Crippen molar-refractivity contribution in [2.24, 2.45) is 0 Å². The van der Waals surface area contributed by atoms with Crippen LogP contribution in [0.25, 0.3) is 6.08 Å². The van der Waals surface area contributed by atoms with Gasteiger partial charge >= 0.3 is 5.97 Å². The zero-order valence-electron chi connectivity index (χ0n) is 13.5. The average molecular weight is 417 g/mol. The number of hydrogen-bond donors (Lipinski definition) is 2. The fourth-order valence-corrected chi connectivity index (χ4v) is 3.67. The second kappa shape index (κ2) is 8.16. The Balaban J connectivity index is 2.08. The van der Waals surface area contributed by atoms with Crippen LogP contribution in [0.3, 0.4) is 0 Å². The molecule has 1 aromatic carbocycles. The first-order chi connectivity index (χ1) is 12.1. The predicted molar refractivity (Wildman–Crippen MR) is 100 cm³/mol. The Kier molecular flexibility index (Phi) is 6.39. The molecule has 2 rings (SSSR count). The van der Waals surface area contributed by atoms with Gasteiger partial charge in [0, 0.05) is 6.54 Å². The van der Waals surface area contributed by atoms with E-state index in [-0.39, 0.29) is 10.9 Å². The molecule has 1 atom stereocenters. The monoisotopic (exact) mass is 417 g/mol. The molecular formula is C15H15NO7S3. The highest BCUT2D eigenvalue weighted by Gasteiger charge is 2.32. The Bertz CT molecular complexity index is 862. The van der Waals surface area contributed by atoms with Crippen LogP contribution in [0, 0.1) is 0 Å². The van der Waals surface area contributed by atoms with Gasteiger partial charge in [-0.3, -0.25) is 14.2 Å². The number of carbonyl (C=O) groups is 2. The first kappa shape index (κ1) is 20.4. The van der Waals surface area contributed by atoms with Gasteiger partial charge in [0.1, 0.15) is 10.1 Å². The quantitative estimate of drug-likeness (QED) is 0.387. The van der Waals surface area contributed by atoms with Crippen LogP contribution >= 0.6 is 24.0 Å². The first-order valence-corrected chi connectivity index (χ1v) is 10.1. The van der Waals surface area contributed by atoms with E-state index in [1.54, 1.807) is 30.3 Å². The van der Waals surface area contributed by atoms with Crippen molar-refractivity contribution in [3.8, 4) is 5.75 Å². The number of carbonyl (C=O) groups excluding carboxylic acids is 1. The molecule has 1 saturated heterocycles. The van der Waals surface area contributed by atoms with Crippen molar-refractivity contribution in [1.82, 2.24) is 4.90 Å². The maximum atomic E-state index is 12.3. The maximum absolute atomic E-state index is 12.3. The molecule has 8 nitrogen and oxygen atoms in total. The average Bonchev–Trinajstić information content (AvgIpc) is 2.80. The van der Waals surface area contributed by atoms with E-state index >= 15 is 0 Å². The molecule has 0 aliphatic carbocycles. The van der Waals surface area contributed by atoms with E-state index < -0.39 is 33.9 Å². The van der Waals surface area contributed by atoms with Gasteiger partial charge in [-0.1, -0.05) is 36.1 Å². The fourth-order valence-electron chi connectivity index (χ4n) is 1.95. The number of amides is 1. The molecule has 2 N–H and O–H groups in total. The second-order valence-electron chi connectivity index (χ2n) is 5.29. The molecule has 1 unspecified atom stereocenters. The van der Waals surface area contributed by atoms with Gasteiger partial charge in [0.2, 0.25) is 0 Å². The van der Waals surface area contributed by atoms with Gasteiger partial charge in [0.15, 0.2) is 6.10 Å². The van der Waals surface area contributed by atoms with Crippen LogP contribution in [0.5, 0.6) is 5.75 Å². The smallest absolute Gasteiger partial charge is 0.344 e. The third-order valence-electron chi connectivity index (χ3n) is 3.28. The molecule has 1 aromatic rings. The zero-order chi connectivity index (χ0) is 19.5. The summed E-state index contributed by atoms with van der Waals surface area (Å²) < 4.78 is 35.9. The van der Waals surface area contributed by atoms with Gasteiger partial charge < -0.3 is 9.84 Å². The van der Waals surface area contributed by atoms with Gasteiger partial charge in [0.25, 0.3) is 16.0 Å². The number of rotatable bonds is 7. The van der Waals surface area contributed by atoms with Crippen LogP contribution in [-0.4, -0.2) is 57.6 Å². The Labute approximate surface area is 159 Å². The summed E-state index contributed by atoms with van der Waals surface area (Å²) in [7, 11) is -4.19. The van der Waals surface area contributed by atoms with Crippen molar-refractivity contribution >= 4 is 56.4 Å². The molecule has 0 bridgehead atoms. The van der Waals surface area contributed by atoms with Crippen LogP contribution < -0.4 is 4.74 Å². The summed E-state index contributed by atoms with van der Waals surface area (Å²) in [6.07, 6.45) is 0.594. The Morgan fingerprint density at radius 3 is 2.54 bits per heavy atom. The van der Waals surface area contributed by atoms with E-state index in [9.17, 15) is 18.0 Å². The minimum Gasteiger partial charge on any atom is -0.479 e. The van der Waals surface area contributed by atoms with Crippen molar-refractivity contribution in [2.45, 2.75) is 13.0 Å². The third-order valence-corrected chi connectivity index (χ3v) is 5.36. The third kappa shape index (κ3) is 5.53. The van der Waals surface area contributed by atoms with Crippen molar-refractivity contribution in [3.05, 3.63) is 34.7 Å². The van der Waals surface area contributed by atoms with Crippen molar-refractivity contribution in [3.63, 3.8) is 0 Å². The molecule has 0 radical (unpaired) electrons. The van der Waals surface area contributed by atoms with E-state index in [1.165, 1.54) is 6.92 Å². The SMILES string of the molecule is CC(Oc1ccc(/C=C2\SC(=S)N(CCS(=O)(=O)O)C2=O)cc1)C(=O)O. The summed E-state index contributed by atoms with van der Waals surface area (Å²) in [6, 6.07) is 6.44. The predicted octanol–water partition coefficient (Wildman–Crippen LogP) is 1.63. The highest BCUT2D eigenvalue weighted by Crippen LogP contribution is 2.32. The molecule has 26 heavy (non-hydrogen) atoms. The summed E-state index contributed by atoms with van der Waals surface area (Å²) in [5.74, 6) is -1.75. The van der Waals surface area contributed by atoms with Crippen LogP contribution in [0.1, 0.15) is 12.5 Å². The molecule has 0 spiro atoms. The topological polar surface area (TPSA) is 121 Å². The molecule has 1 aliphatic rings. The molecule has 1 heterocycles. The van der Waals surface area contributed by atoms with E-state index in [0.29, 0.717) is 16.2 Å². The van der Waals surface area contributed by atoms with Crippen LogP contribution in [0.15, 0.2) is 29.2 Å². The lowest BCUT2D eigenvalue weighted by molar-refractivity contribution is -0.144. The highest BCUT2D eigenvalue weighted by molar-refractivity contribution is 8.26. The lowest BCUT2D eigenvalue weighted by Gasteiger charge is -2.12. The van der Waals surface area contributed by atoms with Gasteiger partial charge in [0.05, 0.1) is 10.7 Å². The minimum atomic E-state index is -4.19. The van der Waals surface area contributed by atoms with E-state index in [1.807, 2.05) is 0 Å². The summed E-state index contributed by atoms with van der Waals surface area (Å²) in [6.45, 7) is 1.19. The number of hydrogen-bond acceptors (Lipinski definition) is 7. The number of carboxylic acids is 1. The van der Waals surface area contributed by atoms with Gasteiger partial charge in [-0.05, 0) is 30.7 Å². The van der Waals surface area contributed by atoms with Gasteiger partial charge in [-0.2, -0.15) is 8.42 Å². The summed E-state index contributed by atoms with van der Waals surface area (Å²) in [4.78, 5) is 24.5. The number of thioether (sulfide) groups is 1. The summed E-state index contributed by atoms with van der Waals surface area (Å²) >= 11 is 6.10. The molecule has 1 fully saturated rings. The number of benzene rings is 1. The minimum absolute atomic E-state index is 0.208. The van der Waals surface area contributed by atoms with E-state index in [0.717, 1.165) is 16.7 Å². The lowest BCUT2D eigenvalue weighted by atomic mass is 10.2. The first-order valence-electron chi connectivity index (χ1n) is 7.27. The Morgan fingerprint density at radius 1 is 1.38 bits per heavy atom. The van der Waals surface area contributed by atoms with Crippen molar-refractivity contribution in [2.75, 3.05) is 12.3 Å². The van der Waals surface area contributed by atoms with Gasteiger partial charge in [-0.15, -0.1) is 0 Å². The molecule has 0 aromatic heterocycles. The standard InChI is InChI=1S/C15H15NO7S3/c1-9(14(18)19)23-11-4-2-10(3-5-11)8-12-13(17)16(15(24)25-12)6-7-26(20,21)22/h2-5,8-9H,6-7H2,1H3,(H,18,19)(H,20,21,22)/b12-8-. The number of carboxylic acid groups (broad SMARTS) is 1. The Morgan fingerprint density at radius 2 is 2.00 bits per heavy atom. The Hall–Kier alpha value is -1.95. The van der Waals surface area contributed by atoms with Crippen molar-refractivity contribution in [1.29, 1.82) is 0 Å². The van der Waals surface area contributed by atoms with Gasteiger partial charge in [-0.25, -0.2) is 4.79 Å². The lowest BCUT2D eigenvalue weighted by Crippen LogP contribution is -2.32. The number of nitrogens with zero attached hydrogens (tertiary/aromatic N) is 1. The summed E-state index contributed by atoms with van der Waals surface area (Å²) in [5, 5.41) is 8.82. The molecule has 140 valence electrons. The fraction of sp³-hybridized carbons (Fsp3) is 0.267. The van der Waals surface area contributed by atoms with E-state index in [2.05, 4.69) is 0 Å². The molecule has 1 amide bonds. The van der Waals surface area contributed by atoms with Crippen molar-refractivity contribution < 1.29 is 32.4 Å². The second-order valence-corrected chi connectivity index (χ2v) is 8.53. The molecular weight excluding hydrogens is 402 g/mol. The number of thiocarbonyl (C=S) groups is 1. The highest BCUT2D eigenvalue weighted by atomic mass is 32.2. The molecule has 1 aliphatic heterocycles. The normalized spacial score (nSPS) is 17.6. The maximum Gasteiger partial charge on any atom is 0.344 e. The van der Waals surface area contributed by atoms with Crippen LogP contribution in [0.4, 0.5) is 0 Å². The molecule has 0 saturated carbocycles. The molecule has 11 heteroatoms. The largest absolute Gasteiger partial charge is 0.479 e. The van der Waals surface area contributed by atoms with Crippen LogP contribution in [-0.2, 0) is 19.7 Å². The van der Waals surface area contributed by atoms with E-state index in [4.69, 9.17) is 26.6 Å². The number of aliphatic carboxylic acids is 1. The number of ether oxygens (including phenoxy) is 1. The van der Waals surface area contributed by atoms with Crippen LogP contribution in [0.2, 0.25) is 0 Å². The summed E-state index contributed by atoms with van der Waals surface area (Å²) in [5.41, 5.74) is 0.663.